The molecule has 1 amide bonds. The van der Waals surface area contributed by atoms with Crippen LogP contribution in [0.5, 0.6) is 5.75 Å². The van der Waals surface area contributed by atoms with Crippen LogP contribution >= 0.6 is 0 Å². The molecule has 1 aromatic carbocycles. The van der Waals surface area contributed by atoms with Crippen LogP contribution < -0.4 is 4.74 Å². The smallest absolute Gasteiger partial charge is 0.387 e. The number of benzene rings is 1. The number of ether oxygens (including phenoxy) is 1. The molecule has 1 fully saturated rings. The summed E-state index contributed by atoms with van der Waals surface area (Å²) in [5.74, 6) is -0.301. The van der Waals surface area contributed by atoms with Crippen molar-refractivity contribution in [2.45, 2.75) is 25.5 Å². The second-order valence-corrected chi connectivity index (χ2v) is 6.07. The molecule has 2 rings (SSSR count). The highest BCUT2D eigenvalue weighted by Crippen LogP contribution is 2.19. The lowest BCUT2D eigenvalue weighted by Crippen LogP contribution is -2.44. The monoisotopic (exact) mass is 349 g/mol. The number of likely N-dealkylation sites (tertiary alicyclic amines) is 1. The van der Waals surface area contributed by atoms with E-state index in [1.165, 1.54) is 30.3 Å². The Balaban J connectivity index is 2.08. The molecule has 0 atom stereocenters. The lowest BCUT2D eigenvalue weighted by molar-refractivity contribution is -0.128. The molecule has 7 heteroatoms. The van der Waals surface area contributed by atoms with Gasteiger partial charge in [-0.05, 0) is 56.8 Å². The minimum Gasteiger partial charge on any atom is -0.435 e. The van der Waals surface area contributed by atoms with Crippen molar-refractivity contribution in [1.29, 1.82) is 5.26 Å². The minimum absolute atomic E-state index is 0.0176. The Morgan fingerprint density at radius 3 is 2.48 bits per heavy atom. The fraction of sp³-hybridized carbons (Fsp3) is 0.444. The number of piperidine rings is 1. The number of hydrogen-bond donors (Lipinski definition) is 0. The van der Waals surface area contributed by atoms with E-state index < -0.39 is 6.61 Å². The van der Waals surface area contributed by atoms with E-state index in [1.807, 2.05) is 13.1 Å². The number of halogens is 2. The highest BCUT2D eigenvalue weighted by molar-refractivity contribution is 6.01. The van der Waals surface area contributed by atoms with Crippen molar-refractivity contribution < 1.29 is 18.3 Å². The Morgan fingerprint density at radius 2 is 1.96 bits per heavy atom. The molecule has 0 saturated carbocycles. The van der Waals surface area contributed by atoms with Gasteiger partial charge < -0.3 is 14.5 Å². The zero-order valence-corrected chi connectivity index (χ0v) is 14.3. The number of likely N-dealkylation sites (N-methyl/N-ethyl adjacent to an activating group) is 1. The highest BCUT2D eigenvalue weighted by atomic mass is 19.3. The third kappa shape index (κ3) is 5.26. The fourth-order valence-corrected chi connectivity index (χ4v) is 2.79. The van der Waals surface area contributed by atoms with E-state index in [1.54, 1.807) is 11.9 Å². The Morgan fingerprint density at radius 1 is 1.36 bits per heavy atom. The first-order valence-corrected chi connectivity index (χ1v) is 8.03. The van der Waals surface area contributed by atoms with Gasteiger partial charge in [-0.2, -0.15) is 14.0 Å². The van der Waals surface area contributed by atoms with Crippen LogP contribution in [-0.4, -0.2) is 55.5 Å². The molecule has 0 aromatic heterocycles. The predicted octanol–water partition coefficient (Wildman–Crippen LogP) is 2.75. The predicted molar refractivity (Wildman–Crippen MR) is 90.0 cm³/mol. The van der Waals surface area contributed by atoms with Crippen molar-refractivity contribution >= 4 is 12.0 Å². The summed E-state index contributed by atoms with van der Waals surface area (Å²) in [5.41, 5.74) is 0.590. The van der Waals surface area contributed by atoms with Crippen molar-refractivity contribution in [3.8, 4) is 11.8 Å². The molecule has 1 heterocycles. The molecular weight excluding hydrogens is 328 g/mol. The number of carbonyl (C=O) groups excluding carboxylic acids is 1. The lowest BCUT2D eigenvalue weighted by Gasteiger charge is -2.35. The molecule has 1 saturated heterocycles. The van der Waals surface area contributed by atoms with E-state index in [0.29, 0.717) is 5.56 Å². The largest absolute Gasteiger partial charge is 0.435 e. The first kappa shape index (κ1) is 18.9. The van der Waals surface area contributed by atoms with Crippen molar-refractivity contribution in [2.24, 2.45) is 0 Å². The summed E-state index contributed by atoms with van der Waals surface area (Å²) in [6.07, 6.45) is 3.20. The number of amides is 1. The van der Waals surface area contributed by atoms with Crippen molar-refractivity contribution in [2.75, 3.05) is 27.2 Å². The standard InChI is InChI=1S/C18H21F2N3O2/c1-22-9-7-15(8-10-22)23(2)17(24)14(12-21)11-13-3-5-16(6-4-13)25-18(19)20/h3-6,11,15,18H,7-10H2,1-2H3/b14-11+. The molecule has 0 aliphatic carbocycles. The van der Waals surface area contributed by atoms with Gasteiger partial charge in [-0.25, -0.2) is 0 Å². The normalized spacial score (nSPS) is 16.6. The van der Waals surface area contributed by atoms with Gasteiger partial charge in [0, 0.05) is 13.1 Å². The first-order valence-electron chi connectivity index (χ1n) is 8.03. The second-order valence-electron chi connectivity index (χ2n) is 6.07. The van der Waals surface area contributed by atoms with Gasteiger partial charge in [-0.15, -0.1) is 0 Å². The van der Waals surface area contributed by atoms with Crippen molar-refractivity contribution in [3.63, 3.8) is 0 Å². The summed E-state index contributed by atoms with van der Waals surface area (Å²) in [7, 11) is 3.75. The zero-order valence-electron chi connectivity index (χ0n) is 14.3. The molecule has 0 radical (unpaired) electrons. The van der Waals surface area contributed by atoms with Gasteiger partial charge in [0.2, 0.25) is 0 Å². The summed E-state index contributed by atoms with van der Waals surface area (Å²) < 4.78 is 28.6. The van der Waals surface area contributed by atoms with Crippen LogP contribution in [0.25, 0.3) is 6.08 Å². The van der Waals surface area contributed by atoms with E-state index in [0.717, 1.165) is 25.9 Å². The summed E-state index contributed by atoms with van der Waals surface area (Å²) >= 11 is 0. The van der Waals surface area contributed by atoms with Gasteiger partial charge in [0.1, 0.15) is 17.4 Å². The topological polar surface area (TPSA) is 56.6 Å². The van der Waals surface area contributed by atoms with E-state index in [4.69, 9.17) is 0 Å². The number of carbonyl (C=O) groups is 1. The third-order valence-electron chi connectivity index (χ3n) is 4.32. The van der Waals surface area contributed by atoms with E-state index >= 15 is 0 Å². The molecule has 1 aromatic rings. The van der Waals surface area contributed by atoms with E-state index in [9.17, 15) is 18.8 Å². The third-order valence-corrected chi connectivity index (χ3v) is 4.32. The molecule has 0 unspecified atom stereocenters. The number of nitrogens with zero attached hydrogens (tertiary/aromatic N) is 3. The fourth-order valence-electron chi connectivity index (χ4n) is 2.79. The number of alkyl halides is 2. The summed E-state index contributed by atoms with van der Waals surface area (Å²) in [4.78, 5) is 16.4. The van der Waals surface area contributed by atoms with Crippen LogP contribution in [0, 0.1) is 11.3 Å². The summed E-state index contributed by atoms with van der Waals surface area (Å²) in [6, 6.07) is 7.85. The first-order chi connectivity index (χ1) is 11.9. The van der Waals surface area contributed by atoms with Gasteiger partial charge >= 0.3 is 6.61 Å². The lowest BCUT2D eigenvalue weighted by atomic mass is 10.0. The second kappa shape index (κ2) is 8.58. The maximum absolute atomic E-state index is 12.6. The minimum atomic E-state index is -2.89. The molecule has 0 bridgehead atoms. The molecule has 1 aliphatic rings. The van der Waals surface area contributed by atoms with E-state index in [-0.39, 0.29) is 23.3 Å². The van der Waals surface area contributed by atoms with Gasteiger partial charge in [0.15, 0.2) is 0 Å². The average molecular weight is 349 g/mol. The van der Waals surface area contributed by atoms with Crippen molar-refractivity contribution in [3.05, 3.63) is 35.4 Å². The molecule has 0 spiro atoms. The van der Waals surface area contributed by atoms with Gasteiger partial charge in [-0.1, -0.05) is 12.1 Å². The maximum atomic E-state index is 12.6. The Hall–Kier alpha value is -2.46. The molecule has 5 nitrogen and oxygen atoms in total. The summed E-state index contributed by atoms with van der Waals surface area (Å²) in [5, 5.41) is 9.32. The number of rotatable bonds is 5. The van der Waals surface area contributed by atoms with Crippen LogP contribution in [0.4, 0.5) is 8.78 Å². The van der Waals surface area contributed by atoms with Crippen LogP contribution in [0.3, 0.4) is 0 Å². The van der Waals surface area contributed by atoms with Crippen LogP contribution in [0.15, 0.2) is 29.8 Å². The highest BCUT2D eigenvalue weighted by Gasteiger charge is 2.25. The molecule has 1 aliphatic heterocycles. The van der Waals surface area contributed by atoms with Crippen molar-refractivity contribution in [1.82, 2.24) is 9.80 Å². The van der Waals surface area contributed by atoms with Crippen LogP contribution in [-0.2, 0) is 4.79 Å². The zero-order chi connectivity index (χ0) is 18.4. The Labute approximate surface area is 146 Å². The van der Waals surface area contributed by atoms with Crippen LogP contribution in [0.1, 0.15) is 18.4 Å². The van der Waals surface area contributed by atoms with Gasteiger partial charge in [0.05, 0.1) is 0 Å². The Bertz CT molecular complexity index is 660. The molecule has 25 heavy (non-hydrogen) atoms. The quantitative estimate of drug-likeness (QED) is 0.606. The molecule has 0 N–H and O–H groups in total. The van der Waals surface area contributed by atoms with Gasteiger partial charge in [0.25, 0.3) is 5.91 Å². The van der Waals surface area contributed by atoms with Gasteiger partial charge in [-0.3, -0.25) is 4.79 Å². The molecular formula is C18H21F2N3O2. The van der Waals surface area contributed by atoms with E-state index in [2.05, 4.69) is 9.64 Å². The molecule has 134 valence electrons. The number of nitriles is 1. The van der Waals surface area contributed by atoms with Crippen LogP contribution in [0.2, 0.25) is 0 Å². The Kier molecular flexibility index (Phi) is 6.48. The summed E-state index contributed by atoms with van der Waals surface area (Å²) in [6.45, 7) is -1.06. The SMILES string of the molecule is CN1CCC(N(C)C(=O)/C(C#N)=C/c2ccc(OC(F)F)cc2)CC1. The average Bonchev–Trinajstić information content (AvgIpc) is 2.60. The number of hydrogen-bond acceptors (Lipinski definition) is 4. The maximum Gasteiger partial charge on any atom is 0.387 e.